The van der Waals surface area contributed by atoms with Crippen LogP contribution in [-0.2, 0) is 0 Å². The van der Waals surface area contributed by atoms with Crippen LogP contribution in [0, 0.1) is 0 Å². The van der Waals surface area contributed by atoms with Gasteiger partial charge in [0.05, 0.1) is 11.6 Å². The molecule has 2 rings (SSSR count). The number of benzene rings is 1. The van der Waals surface area contributed by atoms with Crippen LogP contribution in [0.15, 0.2) is 30.5 Å². The Balaban J connectivity index is 2.34. The van der Waals surface area contributed by atoms with Crippen molar-refractivity contribution in [2.24, 2.45) is 0 Å². The van der Waals surface area contributed by atoms with Gasteiger partial charge in [-0.15, -0.1) is 0 Å². The van der Waals surface area contributed by atoms with Gasteiger partial charge in [0.2, 0.25) is 0 Å². The number of pyridine rings is 1. The van der Waals surface area contributed by atoms with Crippen molar-refractivity contribution in [3.63, 3.8) is 0 Å². The van der Waals surface area contributed by atoms with Crippen molar-refractivity contribution in [3.8, 4) is 0 Å². The van der Waals surface area contributed by atoms with Crippen LogP contribution in [0.3, 0.4) is 0 Å². The van der Waals surface area contributed by atoms with Crippen molar-refractivity contribution < 1.29 is 5.11 Å². The fourth-order valence-electron chi connectivity index (χ4n) is 2.26. The molecule has 0 saturated carbocycles. The van der Waals surface area contributed by atoms with Gasteiger partial charge in [-0.05, 0) is 36.9 Å². The van der Waals surface area contributed by atoms with Crippen LogP contribution in [0.25, 0.3) is 10.9 Å². The third-order valence-corrected chi connectivity index (χ3v) is 3.66. The Labute approximate surface area is 118 Å². The Bertz CT molecular complexity index is 555. The summed E-state index contributed by atoms with van der Waals surface area (Å²) < 4.78 is 0. The molecule has 2 aromatic rings. The molecular weight excluding hydrogens is 260 g/mol. The lowest BCUT2D eigenvalue weighted by atomic mass is 10.0. The Morgan fingerprint density at radius 2 is 2.00 bits per heavy atom. The molecule has 0 fully saturated rings. The lowest BCUT2D eigenvalue weighted by Crippen LogP contribution is -2.28. The second-order valence-electron chi connectivity index (χ2n) is 4.56. The Kier molecular flexibility index (Phi) is 4.75. The van der Waals surface area contributed by atoms with Gasteiger partial charge in [0.15, 0.2) is 0 Å². The predicted octanol–water partition coefficient (Wildman–Crippen LogP) is 3.26. The van der Waals surface area contributed by atoms with E-state index in [1.165, 1.54) is 0 Å². The molecule has 19 heavy (non-hydrogen) atoms. The zero-order valence-electron chi connectivity index (χ0n) is 11.3. The topological polar surface area (TPSA) is 36.4 Å². The van der Waals surface area contributed by atoms with Gasteiger partial charge in [-0.25, -0.2) is 0 Å². The molecule has 0 saturated heterocycles. The summed E-state index contributed by atoms with van der Waals surface area (Å²) in [5.74, 6) is 0. The Hall–Kier alpha value is -1.16. The highest BCUT2D eigenvalue weighted by atomic mass is 35.5. The minimum atomic E-state index is -0.508. The summed E-state index contributed by atoms with van der Waals surface area (Å²) >= 11 is 5.97. The van der Waals surface area contributed by atoms with Gasteiger partial charge in [-0.2, -0.15) is 0 Å². The number of likely N-dealkylation sites (N-methyl/N-ethyl adjacent to an activating group) is 1. The van der Waals surface area contributed by atoms with E-state index in [1.54, 1.807) is 6.20 Å². The molecule has 1 unspecified atom stereocenters. The van der Waals surface area contributed by atoms with E-state index in [1.807, 2.05) is 24.3 Å². The highest BCUT2D eigenvalue weighted by molar-refractivity contribution is 6.31. The minimum absolute atomic E-state index is 0.508. The van der Waals surface area contributed by atoms with E-state index in [0.29, 0.717) is 11.6 Å². The first-order valence-electron chi connectivity index (χ1n) is 6.60. The zero-order valence-corrected chi connectivity index (χ0v) is 12.1. The number of aliphatic hydroxyl groups excluding tert-OH is 1. The summed E-state index contributed by atoms with van der Waals surface area (Å²) in [6.45, 7) is 6.70. The van der Waals surface area contributed by atoms with Crippen molar-refractivity contribution in [1.29, 1.82) is 0 Å². The van der Waals surface area contributed by atoms with Gasteiger partial charge in [0.1, 0.15) is 0 Å². The van der Waals surface area contributed by atoms with Crippen LogP contribution in [0.2, 0.25) is 5.02 Å². The number of halogens is 1. The van der Waals surface area contributed by atoms with Gasteiger partial charge in [-0.1, -0.05) is 31.5 Å². The third kappa shape index (κ3) is 3.24. The van der Waals surface area contributed by atoms with Crippen molar-refractivity contribution in [1.82, 2.24) is 9.88 Å². The van der Waals surface area contributed by atoms with E-state index in [-0.39, 0.29) is 0 Å². The third-order valence-electron chi connectivity index (χ3n) is 3.42. The Morgan fingerprint density at radius 1 is 1.26 bits per heavy atom. The molecule has 102 valence electrons. The van der Waals surface area contributed by atoms with E-state index >= 15 is 0 Å². The van der Waals surface area contributed by atoms with Gasteiger partial charge in [-0.3, -0.25) is 4.98 Å². The van der Waals surface area contributed by atoms with Crippen LogP contribution < -0.4 is 0 Å². The second-order valence-corrected chi connectivity index (χ2v) is 5.00. The monoisotopic (exact) mass is 278 g/mol. The first-order chi connectivity index (χ1) is 9.15. The Morgan fingerprint density at radius 3 is 2.68 bits per heavy atom. The number of aliphatic hydroxyl groups is 1. The largest absolute Gasteiger partial charge is 0.387 e. The summed E-state index contributed by atoms with van der Waals surface area (Å²) in [4.78, 5) is 6.50. The van der Waals surface area contributed by atoms with Crippen LogP contribution in [0.5, 0.6) is 0 Å². The molecule has 1 heterocycles. The van der Waals surface area contributed by atoms with Crippen molar-refractivity contribution in [2.75, 3.05) is 19.6 Å². The summed E-state index contributed by atoms with van der Waals surface area (Å²) in [5.41, 5.74) is 1.73. The van der Waals surface area contributed by atoms with E-state index in [0.717, 1.165) is 29.6 Å². The smallest absolute Gasteiger partial charge is 0.0924 e. The normalized spacial score (nSPS) is 13.1. The van der Waals surface area contributed by atoms with E-state index in [9.17, 15) is 5.11 Å². The maximum atomic E-state index is 10.4. The molecule has 0 aliphatic rings. The molecule has 1 aromatic heterocycles. The first-order valence-corrected chi connectivity index (χ1v) is 6.98. The SMILES string of the molecule is CCN(CC)CC(O)c1ccnc2cc(Cl)ccc12. The average Bonchev–Trinajstić information content (AvgIpc) is 2.43. The van der Waals surface area contributed by atoms with Crippen molar-refractivity contribution in [3.05, 3.63) is 41.0 Å². The molecule has 1 aromatic carbocycles. The molecule has 0 aliphatic heterocycles. The van der Waals surface area contributed by atoms with Crippen LogP contribution in [0.4, 0.5) is 0 Å². The number of rotatable bonds is 5. The number of aromatic nitrogens is 1. The minimum Gasteiger partial charge on any atom is -0.387 e. The van der Waals surface area contributed by atoms with Crippen molar-refractivity contribution in [2.45, 2.75) is 20.0 Å². The highest BCUT2D eigenvalue weighted by Gasteiger charge is 2.14. The summed E-state index contributed by atoms with van der Waals surface area (Å²) in [6, 6.07) is 7.46. The lowest BCUT2D eigenvalue weighted by molar-refractivity contribution is 0.120. The molecule has 0 radical (unpaired) electrons. The molecule has 1 atom stereocenters. The summed E-state index contributed by atoms with van der Waals surface area (Å²) in [6.07, 6.45) is 1.21. The van der Waals surface area contributed by atoms with Gasteiger partial charge < -0.3 is 10.0 Å². The van der Waals surface area contributed by atoms with Gasteiger partial charge in [0, 0.05) is 23.2 Å². The van der Waals surface area contributed by atoms with Crippen LogP contribution in [0.1, 0.15) is 25.5 Å². The molecule has 4 heteroatoms. The molecule has 0 spiro atoms. The number of hydrogen-bond donors (Lipinski definition) is 1. The molecule has 0 amide bonds. The quantitative estimate of drug-likeness (QED) is 0.912. The fourth-order valence-corrected chi connectivity index (χ4v) is 2.43. The van der Waals surface area contributed by atoms with E-state index in [4.69, 9.17) is 11.6 Å². The van der Waals surface area contributed by atoms with E-state index < -0.39 is 6.10 Å². The van der Waals surface area contributed by atoms with Gasteiger partial charge >= 0.3 is 0 Å². The standard InChI is InChI=1S/C15H19ClN2O/c1-3-18(4-2)10-15(19)13-7-8-17-14-9-11(16)5-6-12(13)14/h5-9,15,19H,3-4,10H2,1-2H3. The molecule has 3 nitrogen and oxygen atoms in total. The molecule has 0 bridgehead atoms. The maximum Gasteiger partial charge on any atom is 0.0924 e. The fraction of sp³-hybridized carbons (Fsp3) is 0.400. The highest BCUT2D eigenvalue weighted by Crippen LogP contribution is 2.25. The van der Waals surface area contributed by atoms with Crippen molar-refractivity contribution >= 4 is 22.5 Å². The average molecular weight is 279 g/mol. The number of fused-ring (bicyclic) bond motifs is 1. The summed E-state index contributed by atoms with van der Waals surface area (Å²) in [5, 5.41) is 12.0. The lowest BCUT2D eigenvalue weighted by Gasteiger charge is -2.22. The first kappa shape index (κ1) is 14.3. The van der Waals surface area contributed by atoms with Crippen LogP contribution in [-0.4, -0.2) is 34.6 Å². The predicted molar refractivity (Wildman–Crippen MR) is 79.5 cm³/mol. The van der Waals surface area contributed by atoms with Crippen LogP contribution >= 0.6 is 11.6 Å². The zero-order chi connectivity index (χ0) is 13.8. The summed E-state index contributed by atoms with van der Waals surface area (Å²) in [7, 11) is 0. The van der Waals surface area contributed by atoms with E-state index in [2.05, 4.69) is 23.7 Å². The number of nitrogens with zero attached hydrogens (tertiary/aromatic N) is 2. The van der Waals surface area contributed by atoms with Gasteiger partial charge in [0.25, 0.3) is 0 Å². The number of hydrogen-bond acceptors (Lipinski definition) is 3. The second kappa shape index (κ2) is 6.33. The molecular formula is C15H19ClN2O. The molecule has 0 aliphatic carbocycles. The maximum absolute atomic E-state index is 10.4. The molecule has 1 N–H and O–H groups in total.